The Hall–Kier alpha value is -2.11. The van der Waals surface area contributed by atoms with E-state index in [-0.39, 0.29) is 11.7 Å². The second-order valence-corrected chi connectivity index (χ2v) is 3.58. The molecule has 0 radical (unpaired) electrons. The van der Waals surface area contributed by atoms with E-state index in [0.29, 0.717) is 25.1 Å². The van der Waals surface area contributed by atoms with Gasteiger partial charge in [0.05, 0.1) is 11.5 Å². The molecular weight excluding hydrogens is 224 g/mol. The molecule has 1 aromatic rings. The number of carbonyl (C=O) groups is 1. The van der Waals surface area contributed by atoms with Crippen LogP contribution >= 0.6 is 0 Å². The molecule has 0 atom stereocenters. The van der Waals surface area contributed by atoms with E-state index in [4.69, 9.17) is 10.5 Å². The number of non-ortho nitro benzene ring substituents is 1. The lowest BCUT2D eigenvalue weighted by Gasteiger charge is -2.05. The number of anilines is 1. The average molecular weight is 238 g/mol. The van der Waals surface area contributed by atoms with Crippen LogP contribution < -0.4 is 5.73 Å². The number of ether oxygens (including phenoxy) is 1. The Morgan fingerprint density at radius 1 is 1.53 bits per heavy atom. The number of nitrogens with two attached hydrogens (primary N) is 1. The Bertz CT molecular complexity index is 431. The highest BCUT2D eigenvalue weighted by atomic mass is 16.6. The quantitative estimate of drug-likeness (QED) is 0.277. The summed E-state index contributed by atoms with van der Waals surface area (Å²) in [6.07, 6.45) is 1.26. The van der Waals surface area contributed by atoms with E-state index >= 15 is 0 Å². The third kappa shape index (κ3) is 4.10. The van der Waals surface area contributed by atoms with E-state index in [1.807, 2.05) is 0 Å². The van der Waals surface area contributed by atoms with Gasteiger partial charge in [0.25, 0.3) is 5.69 Å². The fourth-order valence-corrected chi connectivity index (χ4v) is 1.40. The summed E-state index contributed by atoms with van der Waals surface area (Å²) in [5, 5.41) is 10.5. The van der Waals surface area contributed by atoms with Crippen LogP contribution in [-0.2, 0) is 16.0 Å². The number of nitro groups is 1. The summed E-state index contributed by atoms with van der Waals surface area (Å²) in [5.41, 5.74) is 6.88. The molecule has 17 heavy (non-hydrogen) atoms. The highest BCUT2D eigenvalue weighted by molar-refractivity contribution is 5.65. The van der Waals surface area contributed by atoms with E-state index in [0.717, 1.165) is 5.56 Å². The molecule has 1 rings (SSSR count). The van der Waals surface area contributed by atoms with Gasteiger partial charge in [-0.05, 0) is 18.4 Å². The van der Waals surface area contributed by atoms with Crippen LogP contribution in [0.2, 0.25) is 0 Å². The number of nitrogen functional groups attached to an aromatic ring is 1. The first-order valence-corrected chi connectivity index (χ1v) is 5.17. The third-order valence-corrected chi connectivity index (χ3v) is 2.24. The first-order valence-electron chi connectivity index (χ1n) is 5.17. The number of nitro benzene ring substituents is 1. The fourth-order valence-electron chi connectivity index (χ4n) is 1.40. The largest absolute Gasteiger partial charge is 0.466 e. The van der Waals surface area contributed by atoms with Crippen LogP contribution in [0.25, 0.3) is 0 Å². The molecule has 0 unspecified atom stereocenters. The summed E-state index contributed by atoms with van der Waals surface area (Å²) in [6.45, 7) is 1.67. The number of benzene rings is 1. The Kier molecular flexibility index (Phi) is 4.45. The zero-order valence-corrected chi connectivity index (χ0v) is 9.51. The van der Waals surface area contributed by atoms with Crippen molar-refractivity contribution in [3.63, 3.8) is 0 Å². The summed E-state index contributed by atoms with van der Waals surface area (Å²) in [4.78, 5) is 20.5. The van der Waals surface area contributed by atoms with Crippen LogP contribution in [0.1, 0.15) is 18.9 Å². The highest BCUT2D eigenvalue weighted by Crippen LogP contribution is 2.20. The number of nitrogens with zero attached hydrogens (tertiary/aromatic N) is 1. The standard InChI is InChI=1S/C11H14N2O4/c1-8(14)17-6-2-3-9-4-5-10(13(15)16)7-11(9)12/h4-5,7H,2-3,6,12H2,1H3. The molecule has 0 aromatic heterocycles. The minimum atomic E-state index is -0.487. The summed E-state index contributed by atoms with van der Waals surface area (Å²) in [7, 11) is 0. The lowest BCUT2D eigenvalue weighted by atomic mass is 10.1. The van der Waals surface area contributed by atoms with Crippen molar-refractivity contribution in [2.45, 2.75) is 19.8 Å². The molecule has 0 bridgehead atoms. The van der Waals surface area contributed by atoms with Gasteiger partial charge >= 0.3 is 5.97 Å². The number of hydrogen-bond donors (Lipinski definition) is 1. The van der Waals surface area contributed by atoms with Crippen molar-refractivity contribution < 1.29 is 14.5 Å². The van der Waals surface area contributed by atoms with E-state index in [1.165, 1.54) is 19.1 Å². The van der Waals surface area contributed by atoms with Gasteiger partial charge in [-0.1, -0.05) is 6.07 Å². The molecular formula is C11H14N2O4. The van der Waals surface area contributed by atoms with Crippen LogP contribution in [0.4, 0.5) is 11.4 Å². The van der Waals surface area contributed by atoms with Crippen molar-refractivity contribution in [2.75, 3.05) is 12.3 Å². The van der Waals surface area contributed by atoms with Gasteiger partial charge in [-0.3, -0.25) is 14.9 Å². The van der Waals surface area contributed by atoms with Gasteiger partial charge in [0, 0.05) is 24.7 Å². The van der Waals surface area contributed by atoms with Gasteiger partial charge in [-0.15, -0.1) is 0 Å². The Morgan fingerprint density at radius 2 is 2.24 bits per heavy atom. The van der Waals surface area contributed by atoms with Gasteiger partial charge in [0.15, 0.2) is 0 Å². The third-order valence-electron chi connectivity index (χ3n) is 2.24. The van der Waals surface area contributed by atoms with Gasteiger partial charge in [0.1, 0.15) is 0 Å². The summed E-state index contributed by atoms with van der Waals surface area (Å²) < 4.78 is 4.78. The average Bonchev–Trinajstić information content (AvgIpc) is 2.25. The Labute approximate surface area is 98.5 Å². The SMILES string of the molecule is CC(=O)OCCCc1ccc([N+](=O)[O-])cc1N. The van der Waals surface area contributed by atoms with Gasteiger partial charge < -0.3 is 10.5 Å². The summed E-state index contributed by atoms with van der Waals surface area (Å²) >= 11 is 0. The Balaban J connectivity index is 2.54. The topological polar surface area (TPSA) is 95.5 Å². The van der Waals surface area contributed by atoms with E-state index < -0.39 is 4.92 Å². The lowest BCUT2D eigenvalue weighted by molar-refractivity contribution is -0.384. The van der Waals surface area contributed by atoms with E-state index in [2.05, 4.69) is 0 Å². The van der Waals surface area contributed by atoms with Crippen LogP contribution in [0.5, 0.6) is 0 Å². The molecule has 0 saturated carbocycles. The molecule has 0 saturated heterocycles. The number of esters is 1. The zero-order chi connectivity index (χ0) is 12.8. The fraction of sp³-hybridized carbons (Fsp3) is 0.364. The van der Waals surface area contributed by atoms with Crippen molar-refractivity contribution >= 4 is 17.3 Å². The van der Waals surface area contributed by atoms with Crippen LogP contribution in [-0.4, -0.2) is 17.5 Å². The number of rotatable bonds is 5. The predicted molar refractivity (Wildman–Crippen MR) is 62.5 cm³/mol. The van der Waals surface area contributed by atoms with E-state index in [1.54, 1.807) is 6.07 Å². The molecule has 0 aliphatic rings. The van der Waals surface area contributed by atoms with Crippen LogP contribution in [0, 0.1) is 10.1 Å². The second kappa shape index (κ2) is 5.83. The maximum absolute atomic E-state index is 10.5. The van der Waals surface area contributed by atoms with Crippen LogP contribution in [0.15, 0.2) is 18.2 Å². The van der Waals surface area contributed by atoms with Crippen molar-refractivity contribution in [3.8, 4) is 0 Å². The van der Waals surface area contributed by atoms with Gasteiger partial charge in [-0.25, -0.2) is 0 Å². The van der Waals surface area contributed by atoms with Crippen molar-refractivity contribution in [3.05, 3.63) is 33.9 Å². The number of aryl methyl sites for hydroxylation is 1. The monoisotopic (exact) mass is 238 g/mol. The van der Waals surface area contributed by atoms with Crippen molar-refractivity contribution in [2.24, 2.45) is 0 Å². The molecule has 0 aliphatic heterocycles. The maximum Gasteiger partial charge on any atom is 0.302 e. The first-order chi connectivity index (χ1) is 8.00. The molecule has 0 aliphatic carbocycles. The van der Waals surface area contributed by atoms with Crippen LogP contribution in [0.3, 0.4) is 0 Å². The molecule has 0 fully saturated rings. The molecule has 1 aromatic carbocycles. The summed E-state index contributed by atoms with van der Waals surface area (Å²) in [6, 6.07) is 4.37. The van der Waals surface area contributed by atoms with Gasteiger partial charge in [-0.2, -0.15) is 0 Å². The van der Waals surface area contributed by atoms with E-state index in [9.17, 15) is 14.9 Å². The second-order valence-electron chi connectivity index (χ2n) is 3.58. The molecule has 6 heteroatoms. The lowest BCUT2D eigenvalue weighted by Crippen LogP contribution is -2.03. The highest BCUT2D eigenvalue weighted by Gasteiger charge is 2.08. The minimum Gasteiger partial charge on any atom is -0.466 e. The van der Waals surface area contributed by atoms with Gasteiger partial charge in [0.2, 0.25) is 0 Å². The zero-order valence-electron chi connectivity index (χ0n) is 9.51. The molecule has 0 heterocycles. The van der Waals surface area contributed by atoms with Crippen molar-refractivity contribution in [1.82, 2.24) is 0 Å². The molecule has 92 valence electrons. The molecule has 0 amide bonds. The predicted octanol–water partition coefficient (Wildman–Crippen LogP) is 1.67. The molecule has 2 N–H and O–H groups in total. The first kappa shape index (κ1) is 13.0. The number of carbonyl (C=O) groups excluding carboxylic acids is 1. The van der Waals surface area contributed by atoms with Crippen molar-refractivity contribution in [1.29, 1.82) is 0 Å². The summed E-state index contributed by atoms with van der Waals surface area (Å²) in [5.74, 6) is -0.318. The molecule has 0 spiro atoms. The molecule has 6 nitrogen and oxygen atoms in total. The Morgan fingerprint density at radius 3 is 2.76 bits per heavy atom. The maximum atomic E-state index is 10.5. The normalized spacial score (nSPS) is 9.94. The minimum absolute atomic E-state index is 0.0220. The number of hydrogen-bond acceptors (Lipinski definition) is 5. The smallest absolute Gasteiger partial charge is 0.302 e.